The number of aromatic nitrogens is 4. The van der Waals surface area contributed by atoms with E-state index in [0.29, 0.717) is 12.0 Å². The first-order chi connectivity index (χ1) is 11.6. The van der Waals surface area contributed by atoms with Crippen molar-refractivity contribution in [3.8, 4) is 10.6 Å². The third-order valence-corrected chi connectivity index (χ3v) is 5.08. The van der Waals surface area contributed by atoms with Crippen LogP contribution in [0.1, 0.15) is 38.6 Å². The molecule has 24 heavy (non-hydrogen) atoms. The Kier molecular flexibility index (Phi) is 4.03. The van der Waals surface area contributed by atoms with Crippen molar-refractivity contribution in [3.05, 3.63) is 35.9 Å². The Hall–Kier alpha value is -1.90. The maximum absolute atomic E-state index is 13.4. The first-order valence-corrected chi connectivity index (χ1v) is 8.91. The fourth-order valence-electron chi connectivity index (χ4n) is 3.10. The van der Waals surface area contributed by atoms with Gasteiger partial charge in [0, 0.05) is 11.6 Å². The second-order valence-corrected chi connectivity index (χ2v) is 7.53. The summed E-state index contributed by atoms with van der Waals surface area (Å²) in [6.07, 6.45) is 2.06. The molecule has 4 rings (SSSR count). The van der Waals surface area contributed by atoms with Gasteiger partial charge in [-0.1, -0.05) is 37.3 Å². The number of hydrogen-bond donors (Lipinski definition) is 2. The van der Waals surface area contributed by atoms with E-state index in [-0.39, 0.29) is 11.9 Å². The second-order valence-electron chi connectivity index (χ2n) is 6.57. The predicted molar refractivity (Wildman–Crippen MR) is 90.9 cm³/mol. The molecule has 8 heteroatoms. The molecule has 0 radical (unpaired) electrons. The van der Waals surface area contributed by atoms with Gasteiger partial charge in [0.15, 0.2) is 5.82 Å². The Bertz CT molecular complexity index is 857. The first kappa shape index (κ1) is 15.6. The molecule has 1 aliphatic heterocycles. The van der Waals surface area contributed by atoms with Crippen LogP contribution in [0.15, 0.2) is 24.3 Å². The fraction of sp³-hybridized carbons (Fsp3) is 0.438. The van der Waals surface area contributed by atoms with Gasteiger partial charge in [-0.2, -0.15) is 9.61 Å². The van der Waals surface area contributed by atoms with E-state index in [2.05, 4.69) is 40.0 Å². The minimum absolute atomic E-state index is 0.0752. The maximum atomic E-state index is 13.4. The summed E-state index contributed by atoms with van der Waals surface area (Å²) >= 11 is 1.41. The highest BCUT2D eigenvalue weighted by Crippen LogP contribution is 2.29. The molecule has 0 amide bonds. The summed E-state index contributed by atoms with van der Waals surface area (Å²) in [5, 5.41) is 13.8. The molecule has 1 fully saturated rings. The summed E-state index contributed by atoms with van der Waals surface area (Å²) in [4.78, 5) is 0.721. The molecule has 1 saturated heterocycles. The summed E-state index contributed by atoms with van der Waals surface area (Å²) in [5.74, 6) is 1.17. The highest BCUT2D eigenvalue weighted by molar-refractivity contribution is 7.19. The van der Waals surface area contributed by atoms with Gasteiger partial charge >= 0.3 is 0 Å². The number of fused-ring (bicyclic) bond motifs is 1. The van der Waals surface area contributed by atoms with Crippen LogP contribution in [0.25, 0.3) is 15.5 Å². The van der Waals surface area contributed by atoms with Gasteiger partial charge in [-0.15, -0.1) is 10.2 Å². The molecule has 6 nitrogen and oxygen atoms in total. The predicted octanol–water partition coefficient (Wildman–Crippen LogP) is 2.95. The smallest absolute Gasteiger partial charge is 0.235 e. The standard InChI is InChI=1S/C16H19FN6S/c1-9(2)6-12-8-13(19-18-12)14-20-21-16-23(14)22-15(24-16)10-4-3-5-11(17)7-10/h3-5,7,9,12-13,18-19H,6,8H2,1-2H3. The molecule has 2 atom stereocenters. The molecule has 1 aliphatic rings. The maximum Gasteiger partial charge on any atom is 0.235 e. The molecule has 3 aromatic rings. The lowest BCUT2D eigenvalue weighted by Crippen LogP contribution is -2.32. The van der Waals surface area contributed by atoms with Crippen molar-refractivity contribution < 1.29 is 4.39 Å². The molecule has 2 aromatic heterocycles. The lowest BCUT2D eigenvalue weighted by atomic mass is 10.00. The Morgan fingerprint density at radius 1 is 1.33 bits per heavy atom. The minimum Gasteiger partial charge on any atom is -0.254 e. The Morgan fingerprint density at radius 3 is 3.00 bits per heavy atom. The molecule has 0 saturated carbocycles. The number of benzene rings is 1. The van der Waals surface area contributed by atoms with Crippen molar-refractivity contribution >= 4 is 16.3 Å². The number of rotatable bonds is 4. The minimum atomic E-state index is -0.267. The van der Waals surface area contributed by atoms with Crippen LogP contribution >= 0.6 is 11.3 Å². The van der Waals surface area contributed by atoms with Crippen LogP contribution < -0.4 is 10.9 Å². The van der Waals surface area contributed by atoms with Crippen molar-refractivity contribution in [1.29, 1.82) is 0 Å². The number of halogens is 1. The molecular weight excluding hydrogens is 327 g/mol. The quantitative estimate of drug-likeness (QED) is 0.760. The van der Waals surface area contributed by atoms with E-state index >= 15 is 0 Å². The number of hydrazine groups is 1. The summed E-state index contributed by atoms with van der Waals surface area (Å²) in [7, 11) is 0. The normalized spacial score (nSPS) is 21.2. The first-order valence-electron chi connectivity index (χ1n) is 8.09. The molecule has 126 valence electrons. The lowest BCUT2D eigenvalue weighted by Gasteiger charge is -2.11. The monoisotopic (exact) mass is 346 g/mol. The van der Waals surface area contributed by atoms with E-state index < -0.39 is 0 Å². The average Bonchev–Trinajstić information content (AvgIpc) is 3.21. The zero-order valence-corrected chi connectivity index (χ0v) is 14.3. The van der Waals surface area contributed by atoms with E-state index in [1.807, 2.05) is 6.07 Å². The van der Waals surface area contributed by atoms with Gasteiger partial charge in [-0.05, 0) is 30.9 Å². The third kappa shape index (κ3) is 2.92. The van der Waals surface area contributed by atoms with Gasteiger partial charge in [-0.25, -0.2) is 9.82 Å². The highest BCUT2D eigenvalue weighted by atomic mass is 32.1. The zero-order valence-electron chi connectivity index (χ0n) is 13.5. The van der Waals surface area contributed by atoms with Crippen LogP contribution in [-0.2, 0) is 0 Å². The van der Waals surface area contributed by atoms with E-state index in [1.54, 1.807) is 10.6 Å². The van der Waals surface area contributed by atoms with Gasteiger partial charge in [-0.3, -0.25) is 5.43 Å². The molecule has 3 heterocycles. The van der Waals surface area contributed by atoms with E-state index in [0.717, 1.165) is 34.2 Å². The molecule has 0 aliphatic carbocycles. The van der Waals surface area contributed by atoms with Gasteiger partial charge < -0.3 is 0 Å². The fourth-order valence-corrected chi connectivity index (χ4v) is 3.95. The summed E-state index contributed by atoms with van der Waals surface area (Å²) in [6, 6.07) is 6.95. The van der Waals surface area contributed by atoms with E-state index in [9.17, 15) is 4.39 Å². The van der Waals surface area contributed by atoms with Crippen LogP contribution in [0.4, 0.5) is 4.39 Å². The van der Waals surface area contributed by atoms with Gasteiger partial charge in [0.1, 0.15) is 10.8 Å². The second kappa shape index (κ2) is 6.19. The van der Waals surface area contributed by atoms with Crippen molar-refractivity contribution in [2.24, 2.45) is 5.92 Å². The van der Waals surface area contributed by atoms with Crippen LogP contribution in [0.3, 0.4) is 0 Å². The van der Waals surface area contributed by atoms with Crippen LogP contribution in [0, 0.1) is 11.7 Å². The van der Waals surface area contributed by atoms with E-state index in [4.69, 9.17) is 0 Å². The lowest BCUT2D eigenvalue weighted by molar-refractivity contribution is 0.446. The van der Waals surface area contributed by atoms with Crippen LogP contribution in [0.5, 0.6) is 0 Å². The molecule has 1 aromatic carbocycles. The summed E-state index contributed by atoms with van der Waals surface area (Å²) < 4.78 is 15.2. The third-order valence-electron chi connectivity index (χ3n) is 4.14. The summed E-state index contributed by atoms with van der Waals surface area (Å²) in [5.41, 5.74) is 7.38. The molecule has 2 unspecified atom stereocenters. The van der Waals surface area contributed by atoms with Crippen molar-refractivity contribution in [3.63, 3.8) is 0 Å². The highest BCUT2D eigenvalue weighted by Gasteiger charge is 2.30. The van der Waals surface area contributed by atoms with Crippen molar-refractivity contribution in [1.82, 2.24) is 30.7 Å². The largest absolute Gasteiger partial charge is 0.254 e. The Balaban J connectivity index is 1.61. The van der Waals surface area contributed by atoms with Crippen LogP contribution in [-0.4, -0.2) is 25.9 Å². The average molecular weight is 346 g/mol. The van der Waals surface area contributed by atoms with Gasteiger partial charge in [0.2, 0.25) is 4.96 Å². The van der Waals surface area contributed by atoms with Crippen molar-refractivity contribution in [2.75, 3.05) is 0 Å². The zero-order chi connectivity index (χ0) is 16.7. The molecule has 2 N–H and O–H groups in total. The molecule has 0 bridgehead atoms. The molecule has 0 spiro atoms. The number of nitrogens with one attached hydrogen (secondary N) is 2. The molecular formula is C16H19FN6S. The summed E-state index contributed by atoms with van der Waals surface area (Å²) in [6.45, 7) is 4.44. The van der Waals surface area contributed by atoms with Crippen molar-refractivity contribution in [2.45, 2.75) is 38.8 Å². The Labute approximate surface area is 143 Å². The Morgan fingerprint density at radius 2 is 2.21 bits per heavy atom. The van der Waals surface area contributed by atoms with Crippen LogP contribution in [0.2, 0.25) is 0 Å². The number of hydrogen-bond acceptors (Lipinski definition) is 6. The SMILES string of the molecule is CC(C)CC1CC(c2nnc3sc(-c4cccc(F)c4)nn23)NN1. The van der Waals surface area contributed by atoms with E-state index in [1.165, 1.54) is 23.5 Å². The van der Waals surface area contributed by atoms with Gasteiger partial charge in [0.25, 0.3) is 0 Å². The van der Waals surface area contributed by atoms with Gasteiger partial charge in [0.05, 0.1) is 6.04 Å². The number of nitrogens with zero attached hydrogens (tertiary/aromatic N) is 4. The topological polar surface area (TPSA) is 67.1 Å².